The Labute approximate surface area is 82.4 Å². The van der Waals surface area contributed by atoms with Gasteiger partial charge in [0.15, 0.2) is 11.6 Å². The standard InChI is InChI=1S/C9H14FN3O/c1-6(4-14)13(3)9-8(10)7(2)11-5-12-9/h5-6,14H,4H2,1-3H3. The number of halogens is 1. The van der Waals surface area contributed by atoms with Crippen LogP contribution in [0.15, 0.2) is 6.33 Å². The highest BCUT2D eigenvalue weighted by Crippen LogP contribution is 2.17. The second-order valence-corrected chi connectivity index (χ2v) is 3.24. The molecular weight excluding hydrogens is 185 g/mol. The van der Waals surface area contributed by atoms with Crippen molar-refractivity contribution in [3.05, 3.63) is 17.8 Å². The minimum atomic E-state index is -0.435. The zero-order valence-corrected chi connectivity index (χ0v) is 8.53. The van der Waals surface area contributed by atoms with E-state index in [-0.39, 0.29) is 18.5 Å². The van der Waals surface area contributed by atoms with E-state index in [1.807, 2.05) is 0 Å². The Morgan fingerprint density at radius 2 is 2.21 bits per heavy atom. The van der Waals surface area contributed by atoms with E-state index in [4.69, 9.17) is 5.11 Å². The zero-order chi connectivity index (χ0) is 10.7. The van der Waals surface area contributed by atoms with Crippen LogP contribution in [-0.4, -0.2) is 34.8 Å². The van der Waals surface area contributed by atoms with Crippen molar-refractivity contribution in [2.24, 2.45) is 0 Å². The predicted octanol–water partition coefficient (Wildman–Crippen LogP) is 0.741. The Morgan fingerprint density at radius 1 is 1.57 bits per heavy atom. The summed E-state index contributed by atoms with van der Waals surface area (Å²) in [7, 11) is 1.69. The lowest BCUT2D eigenvalue weighted by Gasteiger charge is -2.24. The number of aromatic nitrogens is 2. The van der Waals surface area contributed by atoms with Crippen molar-refractivity contribution < 1.29 is 9.50 Å². The molecule has 1 aromatic heterocycles. The number of hydrogen-bond acceptors (Lipinski definition) is 4. The van der Waals surface area contributed by atoms with Gasteiger partial charge in [-0.2, -0.15) is 0 Å². The monoisotopic (exact) mass is 199 g/mol. The first-order valence-corrected chi connectivity index (χ1v) is 4.38. The van der Waals surface area contributed by atoms with E-state index in [0.717, 1.165) is 0 Å². The molecule has 0 spiro atoms. The molecule has 1 N–H and O–H groups in total. The molecule has 0 radical (unpaired) electrons. The molecular formula is C9H14FN3O. The number of aryl methyl sites for hydroxylation is 1. The Bertz CT molecular complexity index is 319. The minimum Gasteiger partial charge on any atom is -0.394 e. The molecule has 0 aromatic carbocycles. The SMILES string of the molecule is Cc1ncnc(N(C)C(C)CO)c1F. The number of aliphatic hydroxyl groups is 1. The van der Waals surface area contributed by atoms with Crippen LogP contribution in [0.3, 0.4) is 0 Å². The highest BCUT2D eigenvalue weighted by molar-refractivity contribution is 5.40. The van der Waals surface area contributed by atoms with Crippen LogP contribution in [0.4, 0.5) is 10.2 Å². The average molecular weight is 199 g/mol. The molecule has 1 atom stereocenters. The van der Waals surface area contributed by atoms with E-state index in [1.165, 1.54) is 6.33 Å². The number of nitrogens with zero attached hydrogens (tertiary/aromatic N) is 3. The lowest BCUT2D eigenvalue weighted by atomic mass is 10.3. The van der Waals surface area contributed by atoms with Crippen LogP contribution < -0.4 is 4.90 Å². The Balaban J connectivity index is 3.01. The van der Waals surface area contributed by atoms with E-state index in [0.29, 0.717) is 5.69 Å². The average Bonchev–Trinajstić information content (AvgIpc) is 2.20. The number of aliphatic hydroxyl groups excluding tert-OH is 1. The van der Waals surface area contributed by atoms with E-state index >= 15 is 0 Å². The van der Waals surface area contributed by atoms with Gasteiger partial charge in [-0.05, 0) is 13.8 Å². The molecule has 4 nitrogen and oxygen atoms in total. The van der Waals surface area contributed by atoms with Gasteiger partial charge in [-0.15, -0.1) is 0 Å². The minimum absolute atomic E-state index is 0.0427. The van der Waals surface area contributed by atoms with Gasteiger partial charge in [-0.1, -0.05) is 0 Å². The molecule has 14 heavy (non-hydrogen) atoms. The molecule has 1 unspecified atom stereocenters. The summed E-state index contributed by atoms with van der Waals surface area (Å²) in [4.78, 5) is 9.16. The molecule has 5 heteroatoms. The van der Waals surface area contributed by atoms with E-state index in [1.54, 1.807) is 25.8 Å². The van der Waals surface area contributed by atoms with Crippen molar-refractivity contribution in [3.8, 4) is 0 Å². The smallest absolute Gasteiger partial charge is 0.186 e. The number of rotatable bonds is 3. The first-order valence-electron chi connectivity index (χ1n) is 4.38. The van der Waals surface area contributed by atoms with Gasteiger partial charge in [0.1, 0.15) is 6.33 Å². The molecule has 1 aromatic rings. The van der Waals surface area contributed by atoms with E-state index in [2.05, 4.69) is 9.97 Å². The second-order valence-electron chi connectivity index (χ2n) is 3.24. The van der Waals surface area contributed by atoms with Crippen molar-refractivity contribution in [1.29, 1.82) is 0 Å². The fourth-order valence-corrected chi connectivity index (χ4v) is 1.02. The number of anilines is 1. The zero-order valence-electron chi connectivity index (χ0n) is 8.53. The number of likely N-dealkylation sites (N-methyl/N-ethyl adjacent to an activating group) is 1. The van der Waals surface area contributed by atoms with Crippen LogP contribution in [0.25, 0.3) is 0 Å². The summed E-state index contributed by atoms with van der Waals surface area (Å²) in [5.74, 6) is -0.214. The molecule has 0 fully saturated rings. The molecule has 1 rings (SSSR count). The molecule has 0 aliphatic heterocycles. The van der Waals surface area contributed by atoms with Gasteiger partial charge in [-0.25, -0.2) is 14.4 Å². The third kappa shape index (κ3) is 1.98. The molecule has 0 bridgehead atoms. The first-order chi connectivity index (χ1) is 6.57. The summed E-state index contributed by atoms with van der Waals surface area (Å²) in [6.45, 7) is 3.33. The third-order valence-corrected chi connectivity index (χ3v) is 2.20. The third-order valence-electron chi connectivity index (χ3n) is 2.20. The highest BCUT2D eigenvalue weighted by atomic mass is 19.1. The van der Waals surface area contributed by atoms with Gasteiger partial charge >= 0.3 is 0 Å². The van der Waals surface area contributed by atoms with Crippen molar-refractivity contribution in [1.82, 2.24) is 9.97 Å². The number of hydrogen-bond donors (Lipinski definition) is 1. The predicted molar refractivity (Wildman–Crippen MR) is 51.7 cm³/mol. The maximum Gasteiger partial charge on any atom is 0.186 e. The summed E-state index contributed by atoms with van der Waals surface area (Å²) in [5, 5.41) is 8.92. The molecule has 0 saturated carbocycles. The fourth-order valence-electron chi connectivity index (χ4n) is 1.02. The van der Waals surface area contributed by atoms with Crippen molar-refractivity contribution in [2.45, 2.75) is 19.9 Å². The van der Waals surface area contributed by atoms with Crippen molar-refractivity contribution >= 4 is 5.82 Å². The molecule has 0 amide bonds. The second kappa shape index (κ2) is 4.32. The topological polar surface area (TPSA) is 49.2 Å². The van der Waals surface area contributed by atoms with Gasteiger partial charge in [0.05, 0.1) is 18.3 Å². The summed E-state index contributed by atoms with van der Waals surface area (Å²) in [6.07, 6.45) is 1.31. The largest absolute Gasteiger partial charge is 0.394 e. The molecule has 1 heterocycles. The molecule has 78 valence electrons. The van der Waals surface area contributed by atoms with Gasteiger partial charge in [-0.3, -0.25) is 0 Å². The van der Waals surface area contributed by atoms with Gasteiger partial charge < -0.3 is 10.0 Å². The quantitative estimate of drug-likeness (QED) is 0.780. The fraction of sp³-hybridized carbons (Fsp3) is 0.556. The van der Waals surface area contributed by atoms with Gasteiger partial charge in [0, 0.05) is 7.05 Å². The van der Waals surface area contributed by atoms with Gasteiger partial charge in [0.25, 0.3) is 0 Å². The molecule has 0 aliphatic carbocycles. The van der Waals surface area contributed by atoms with Crippen molar-refractivity contribution in [3.63, 3.8) is 0 Å². The van der Waals surface area contributed by atoms with Crippen LogP contribution in [0.5, 0.6) is 0 Å². The van der Waals surface area contributed by atoms with Crippen LogP contribution in [0.1, 0.15) is 12.6 Å². The summed E-state index contributed by atoms with van der Waals surface area (Å²) >= 11 is 0. The van der Waals surface area contributed by atoms with E-state index in [9.17, 15) is 4.39 Å². The Morgan fingerprint density at radius 3 is 2.79 bits per heavy atom. The Hall–Kier alpha value is -1.23. The maximum atomic E-state index is 13.5. The first kappa shape index (κ1) is 10.8. The lowest BCUT2D eigenvalue weighted by Crippen LogP contribution is -2.33. The lowest BCUT2D eigenvalue weighted by molar-refractivity contribution is 0.269. The van der Waals surface area contributed by atoms with E-state index < -0.39 is 5.82 Å². The summed E-state index contributed by atoms with van der Waals surface area (Å²) in [5.41, 5.74) is 0.312. The van der Waals surface area contributed by atoms with Crippen LogP contribution in [0.2, 0.25) is 0 Å². The summed E-state index contributed by atoms with van der Waals surface area (Å²) in [6, 6.07) is -0.168. The highest BCUT2D eigenvalue weighted by Gasteiger charge is 2.16. The van der Waals surface area contributed by atoms with Crippen molar-refractivity contribution in [2.75, 3.05) is 18.6 Å². The summed E-state index contributed by atoms with van der Waals surface area (Å²) < 4.78 is 13.5. The van der Waals surface area contributed by atoms with Gasteiger partial charge in [0.2, 0.25) is 0 Å². The molecule has 0 aliphatic rings. The van der Waals surface area contributed by atoms with Crippen LogP contribution in [-0.2, 0) is 0 Å². The maximum absolute atomic E-state index is 13.5. The van der Waals surface area contributed by atoms with Crippen LogP contribution >= 0.6 is 0 Å². The van der Waals surface area contributed by atoms with Crippen LogP contribution in [0, 0.1) is 12.7 Å². The molecule has 0 saturated heterocycles. The Kier molecular flexibility index (Phi) is 3.35. The normalized spacial score (nSPS) is 12.6.